The van der Waals surface area contributed by atoms with Crippen molar-refractivity contribution in [2.45, 2.75) is 45.7 Å². The molecule has 0 aliphatic heterocycles. The van der Waals surface area contributed by atoms with E-state index in [1.54, 1.807) is 0 Å². The van der Waals surface area contributed by atoms with Gasteiger partial charge in [0.15, 0.2) is 0 Å². The minimum atomic E-state index is -0.833. The predicted octanol–water partition coefficient (Wildman–Crippen LogP) is 3.24. The van der Waals surface area contributed by atoms with Gasteiger partial charge in [-0.25, -0.2) is 0 Å². The molecule has 0 heterocycles. The van der Waals surface area contributed by atoms with Crippen LogP contribution in [0.25, 0.3) is 0 Å². The zero-order chi connectivity index (χ0) is 18.4. The number of benzene rings is 2. The van der Waals surface area contributed by atoms with Crippen LogP contribution >= 0.6 is 0 Å². The standard InChI is InChI=1S/2C9H13N.C2H4O2/c2*1-8(10)7-9-5-3-2-4-6-9;1-2(3)4/h2*2-6,8H,7,10H2,1H3;1H3,(H,3,4). The first-order valence-electron chi connectivity index (χ1n) is 8.09. The number of carboxylic acids is 1. The summed E-state index contributed by atoms with van der Waals surface area (Å²) in [6.07, 6.45) is 1.95. The maximum absolute atomic E-state index is 9.00. The second-order valence-corrected chi connectivity index (χ2v) is 5.85. The van der Waals surface area contributed by atoms with Crippen molar-refractivity contribution in [2.75, 3.05) is 0 Å². The van der Waals surface area contributed by atoms with Crippen LogP contribution in [0, 0.1) is 0 Å². The second-order valence-electron chi connectivity index (χ2n) is 5.85. The van der Waals surface area contributed by atoms with Crippen LogP contribution in [0.2, 0.25) is 0 Å². The summed E-state index contributed by atoms with van der Waals surface area (Å²) >= 11 is 0. The Morgan fingerprint density at radius 3 is 1.29 bits per heavy atom. The largest absolute Gasteiger partial charge is 0.481 e. The van der Waals surface area contributed by atoms with Crippen molar-refractivity contribution in [3.63, 3.8) is 0 Å². The van der Waals surface area contributed by atoms with Gasteiger partial charge in [0, 0.05) is 19.0 Å². The maximum atomic E-state index is 9.00. The molecule has 0 fully saturated rings. The quantitative estimate of drug-likeness (QED) is 0.803. The smallest absolute Gasteiger partial charge is 0.300 e. The number of hydrogen-bond donors (Lipinski definition) is 3. The van der Waals surface area contributed by atoms with Crippen LogP contribution in [-0.4, -0.2) is 23.2 Å². The minimum absolute atomic E-state index is 0.266. The first kappa shape index (κ1) is 21.8. The van der Waals surface area contributed by atoms with Crippen LogP contribution in [-0.2, 0) is 17.6 Å². The van der Waals surface area contributed by atoms with Gasteiger partial charge in [0.05, 0.1) is 0 Å². The summed E-state index contributed by atoms with van der Waals surface area (Å²) in [5.41, 5.74) is 13.9. The molecule has 0 radical (unpaired) electrons. The Labute approximate surface area is 145 Å². The van der Waals surface area contributed by atoms with Gasteiger partial charge in [-0.15, -0.1) is 0 Å². The molecule has 0 aliphatic carbocycles. The highest BCUT2D eigenvalue weighted by Crippen LogP contribution is 2.01. The fourth-order valence-electron chi connectivity index (χ4n) is 1.97. The molecular formula is C20H30N2O2. The highest BCUT2D eigenvalue weighted by Gasteiger charge is 1.95. The SMILES string of the molecule is CC(=O)O.CC(N)Cc1ccccc1.CC(N)Cc1ccccc1. The van der Waals surface area contributed by atoms with Gasteiger partial charge in [-0.3, -0.25) is 4.79 Å². The number of carboxylic acid groups (broad SMARTS) is 1. The Morgan fingerprint density at radius 1 is 0.833 bits per heavy atom. The van der Waals surface area contributed by atoms with Crippen molar-refractivity contribution in [3.05, 3.63) is 71.8 Å². The van der Waals surface area contributed by atoms with Crippen LogP contribution in [0.5, 0.6) is 0 Å². The van der Waals surface area contributed by atoms with E-state index in [-0.39, 0.29) is 12.1 Å². The molecule has 2 aromatic carbocycles. The van der Waals surface area contributed by atoms with Crippen molar-refractivity contribution in [2.24, 2.45) is 11.5 Å². The van der Waals surface area contributed by atoms with E-state index in [0.717, 1.165) is 19.8 Å². The van der Waals surface area contributed by atoms with Crippen molar-refractivity contribution in [1.82, 2.24) is 0 Å². The summed E-state index contributed by atoms with van der Waals surface area (Å²) in [6.45, 7) is 5.12. The van der Waals surface area contributed by atoms with Gasteiger partial charge in [-0.1, -0.05) is 60.7 Å². The van der Waals surface area contributed by atoms with E-state index in [4.69, 9.17) is 21.4 Å². The number of carbonyl (C=O) groups is 1. The van der Waals surface area contributed by atoms with Gasteiger partial charge in [0.2, 0.25) is 0 Å². The lowest BCUT2D eigenvalue weighted by molar-refractivity contribution is -0.134. The van der Waals surface area contributed by atoms with Crippen molar-refractivity contribution < 1.29 is 9.90 Å². The molecule has 4 heteroatoms. The third kappa shape index (κ3) is 14.8. The summed E-state index contributed by atoms with van der Waals surface area (Å²) in [4.78, 5) is 9.00. The molecule has 5 N–H and O–H groups in total. The van der Waals surface area contributed by atoms with Crippen LogP contribution in [0.4, 0.5) is 0 Å². The molecule has 0 aliphatic rings. The molecule has 2 rings (SSSR count). The molecule has 0 spiro atoms. The van der Waals surface area contributed by atoms with Crippen molar-refractivity contribution in [3.8, 4) is 0 Å². The van der Waals surface area contributed by atoms with Crippen LogP contribution < -0.4 is 11.5 Å². The highest BCUT2D eigenvalue weighted by molar-refractivity contribution is 5.62. The molecule has 4 nitrogen and oxygen atoms in total. The first-order chi connectivity index (χ1) is 11.3. The van der Waals surface area contributed by atoms with Gasteiger partial charge >= 0.3 is 0 Å². The number of rotatable bonds is 4. The normalized spacial score (nSPS) is 11.9. The van der Waals surface area contributed by atoms with Gasteiger partial charge < -0.3 is 16.6 Å². The van der Waals surface area contributed by atoms with E-state index in [0.29, 0.717) is 0 Å². The van der Waals surface area contributed by atoms with Gasteiger partial charge in [-0.2, -0.15) is 0 Å². The molecule has 0 bridgehead atoms. The van der Waals surface area contributed by atoms with E-state index >= 15 is 0 Å². The second kappa shape index (κ2) is 13.3. The molecule has 0 aromatic heterocycles. The summed E-state index contributed by atoms with van der Waals surface area (Å²) in [5.74, 6) is -0.833. The third-order valence-corrected chi connectivity index (χ3v) is 2.80. The molecule has 0 saturated carbocycles. The zero-order valence-electron chi connectivity index (χ0n) is 14.9. The molecule has 24 heavy (non-hydrogen) atoms. The molecule has 0 amide bonds. The monoisotopic (exact) mass is 330 g/mol. The highest BCUT2D eigenvalue weighted by atomic mass is 16.4. The molecule has 0 saturated heterocycles. The molecule has 132 valence electrons. The Morgan fingerprint density at radius 2 is 1.08 bits per heavy atom. The molecule has 2 unspecified atom stereocenters. The third-order valence-electron chi connectivity index (χ3n) is 2.80. The average Bonchev–Trinajstić information content (AvgIpc) is 2.48. The van der Waals surface area contributed by atoms with Gasteiger partial charge in [0.1, 0.15) is 0 Å². The fourth-order valence-corrected chi connectivity index (χ4v) is 1.97. The van der Waals surface area contributed by atoms with Crippen LogP contribution in [0.1, 0.15) is 31.9 Å². The lowest BCUT2D eigenvalue weighted by Crippen LogP contribution is -2.17. The summed E-state index contributed by atoms with van der Waals surface area (Å²) in [7, 11) is 0. The number of hydrogen-bond acceptors (Lipinski definition) is 3. The van der Waals surface area contributed by atoms with Crippen molar-refractivity contribution >= 4 is 5.97 Å². The lowest BCUT2D eigenvalue weighted by Gasteiger charge is -2.02. The number of aliphatic carboxylic acids is 1. The topological polar surface area (TPSA) is 89.3 Å². The predicted molar refractivity (Wildman–Crippen MR) is 101 cm³/mol. The summed E-state index contributed by atoms with van der Waals surface area (Å²) in [6, 6.07) is 21.1. The zero-order valence-corrected chi connectivity index (χ0v) is 14.9. The Bertz CT molecular complexity index is 491. The van der Waals surface area contributed by atoms with E-state index in [9.17, 15) is 0 Å². The van der Waals surface area contributed by atoms with E-state index in [2.05, 4.69) is 24.3 Å². The average molecular weight is 330 g/mol. The van der Waals surface area contributed by atoms with E-state index < -0.39 is 5.97 Å². The van der Waals surface area contributed by atoms with Crippen LogP contribution in [0.15, 0.2) is 60.7 Å². The van der Waals surface area contributed by atoms with Crippen molar-refractivity contribution in [1.29, 1.82) is 0 Å². The number of nitrogens with two attached hydrogens (primary N) is 2. The lowest BCUT2D eigenvalue weighted by atomic mass is 10.1. The van der Waals surface area contributed by atoms with E-state index in [1.807, 2.05) is 50.2 Å². The molecule has 2 atom stereocenters. The Balaban J connectivity index is 0.000000363. The Hall–Kier alpha value is -2.17. The summed E-state index contributed by atoms with van der Waals surface area (Å²) < 4.78 is 0. The van der Waals surface area contributed by atoms with Crippen LogP contribution in [0.3, 0.4) is 0 Å². The summed E-state index contributed by atoms with van der Waals surface area (Å²) in [5, 5.41) is 7.42. The van der Waals surface area contributed by atoms with Gasteiger partial charge in [0.25, 0.3) is 5.97 Å². The fraction of sp³-hybridized carbons (Fsp3) is 0.350. The minimum Gasteiger partial charge on any atom is -0.481 e. The van der Waals surface area contributed by atoms with E-state index in [1.165, 1.54) is 11.1 Å². The molecule has 2 aromatic rings. The Kier molecular flexibility index (Phi) is 12.1. The maximum Gasteiger partial charge on any atom is 0.300 e. The molecular weight excluding hydrogens is 300 g/mol. The first-order valence-corrected chi connectivity index (χ1v) is 8.09. The van der Waals surface area contributed by atoms with Gasteiger partial charge in [-0.05, 0) is 37.8 Å².